The van der Waals surface area contributed by atoms with Crippen LogP contribution in [0.4, 0.5) is 11.4 Å². The molecule has 5 nitrogen and oxygen atoms in total. The largest absolute Gasteiger partial charge is 0.380 e. The summed E-state index contributed by atoms with van der Waals surface area (Å²) in [6.45, 7) is 0.571. The summed E-state index contributed by atoms with van der Waals surface area (Å²) < 4.78 is 2.06. The normalized spacial score (nSPS) is 10.4. The van der Waals surface area contributed by atoms with E-state index in [0.29, 0.717) is 17.3 Å². The molecule has 3 aromatic rings. The van der Waals surface area contributed by atoms with Crippen molar-refractivity contribution in [3.63, 3.8) is 0 Å². The number of carbonyl (C=O) groups is 1. The molecular weight excluding hydrogens is 430 g/mol. The Labute approximate surface area is 170 Å². The van der Waals surface area contributed by atoms with Gasteiger partial charge in [-0.25, -0.2) is 0 Å². The average molecular weight is 447 g/mol. The Hall–Kier alpha value is -2.57. The number of amides is 1. The van der Waals surface area contributed by atoms with E-state index in [4.69, 9.17) is 11.6 Å². The van der Waals surface area contributed by atoms with Gasteiger partial charge >= 0.3 is 0 Å². The molecule has 138 valence electrons. The molecule has 0 aliphatic carbocycles. The molecule has 0 aliphatic rings. The zero-order valence-electron chi connectivity index (χ0n) is 14.3. The van der Waals surface area contributed by atoms with E-state index in [1.807, 2.05) is 36.4 Å². The summed E-state index contributed by atoms with van der Waals surface area (Å²) >= 11 is 9.60. The van der Waals surface area contributed by atoms with Crippen LogP contribution < -0.4 is 16.2 Å². The van der Waals surface area contributed by atoms with Crippen molar-refractivity contribution >= 4 is 44.8 Å². The summed E-state index contributed by atoms with van der Waals surface area (Å²) in [6.07, 6.45) is 1.57. The van der Waals surface area contributed by atoms with Gasteiger partial charge in [0, 0.05) is 29.0 Å². The van der Waals surface area contributed by atoms with Crippen molar-refractivity contribution in [1.29, 1.82) is 0 Å². The molecular formula is C20H17BrClN3O2. The number of pyridine rings is 1. The van der Waals surface area contributed by atoms with Gasteiger partial charge in [-0.2, -0.15) is 0 Å². The number of halogens is 2. The lowest BCUT2D eigenvalue weighted by molar-refractivity contribution is -0.116. The van der Waals surface area contributed by atoms with Crippen LogP contribution in [0.1, 0.15) is 5.56 Å². The van der Waals surface area contributed by atoms with Crippen LogP contribution in [0, 0.1) is 0 Å². The van der Waals surface area contributed by atoms with Gasteiger partial charge in [0.25, 0.3) is 5.56 Å². The molecule has 0 aliphatic heterocycles. The lowest BCUT2D eigenvalue weighted by Gasteiger charge is -2.11. The number of nitrogens with one attached hydrogen (secondary N) is 2. The molecule has 0 radical (unpaired) electrons. The van der Waals surface area contributed by atoms with Crippen LogP contribution in [0.2, 0.25) is 5.02 Å². The third kappa shape index (κ3) is 5.45. The molecule has 7 heteroatoms. The van der Waals surface area contributed by atoms with Gasteiger partial charge in [-0.1, -0.05) is 41.9 Å². The fourth-order valence-corrected chi connectivity index (χ4v) is 3.14. The zero-order chi connectivity index (χ0) is 19.2. The Morgan fingerprint density at radius 3 is 2.59 bits per heavy atom. The predicted octanol–water partition coefficient (Wildman–Crippen LogP) is 4.52. The third-order valence-corrected chi connectivity index (χ3v) is 4.62. The van der Waals surface area contributed by atoms with Crippen molar-refractivity contribution < 1.29 is 4.79 Å². The number of hydrogen-bond donors (Lipinski definition) is 2. The van der Waals surface area contributed by atoms with Crippen molar-refractivity contribution in [3.8, 4) is 0 Å². The molecule has 0 spiro atoms. The topological polar surface area (TPSA) is 63.1 Å². The van der Waals surface area contributed by atoms with Gasteiger partial charge < -0.3 is 15.2 Å². The molecule has 0 saturated carbocycles. The highest BCUT2D eigenvalue weighted by Crippen LogP contribution is 2.26. The molecule has 0 bridgehead atoms. The molecule has 27 heavy (non-hydrogen) atoms. The highest BCUT2D eigenvalue weighted by molar-refractivity contribution is 9.10. The van der Waals surface area contributed by atoms with Gasteiger partial charge in [0.2, 0.25) is 5.91 Å². The minimum atomic E-state index is -0.309. The number of nitrogens with zero attached hydrogens (tertiary/aromatic N) is 1. The van der Waals surface area contributed by atoms with Crippen molar-refractivity contribution in [3.05, 3.63) is 92.3 Å². The Bertz CT molecular complexity index is 1010. The SMILES string of the molecule is O=C(Cn1cc(Br)ccc1=O)Nc1ccc(NCc2ccccc2)c(Cl)c1. The standard InChI is InChI=1S/C20H17BrClN3O2/c21-15-6-9-20(27)25(12-15)13-19(26)24-16-7-8-18(17(22)10-16)23-11-14-4-2-1-3-5-14/h1-10,12,23H,11,13H2,(H,24,26). The van der Waals surface area contributed by atoms with Gasteiger partial charge in [-0.05, 0) is 45.8 Å². The Morgan fingerprint density at radius 2 is 1.85 bits per heavy atom. The molecule has 0 atom stereocenters. The first-order chi connectivity index (χ1) is 13.0. The first-order valence-electron chi connectivity index (χ1n) is 8.24. The number of hydrogen-bond acceptors (Lipinski definition) is 3. The van der Waals surface area contributed by atoms with Gasteiger partial charge in [0.05, 0.1) is 10.7 Å². The highest BCUT2D eigenvalue weighted by Gasteiger charge is 2.08. The van der Waals surface area contributed by atoms with E-state index >= 15 is 0 Å². The van der Waals surface area contributed by atoms with E-state index in [9.17, 15) is 9.59 Å². The minimum absolute atomic E-state index is 0.0795. The number of rotatable bonds is 6. The summed E-state index contributed by atoms with van der Waals surface area (Å²) in [5.41, 5.74) is 2.25. The maximum Gasteiger partial charge on any atom is 0.251 e. The molecule has 1 amide bonds. The fraction of sp³-hybridized carbons (Fsp3) is 0.100. The molecule has 1 heterocycles. The molecule has 3 rings (SSSR count). The van der Waals surface area contributed by atoms with Crippen LogP contribution in [0.3, 0.4) is 0 Å². The Morgan fingerprint density at radius 1 is 1.07 bits per heavy atom. The molecule has 2 N–H and O–H groups in total. The number of carbonyl (C=O) groups excluding carboxylic acids is 1. The van der Waals surface area contributed by atoms with E-state index in [1.165, 1.54) is 10.6 Å². The summed E-state index contributed by atoms with van der Waals surface area (Å²) in [6, 6.07) is 18.3. The summed E-state index contributed by atoms with van der Waals surface area (Å²) in [4.78, 5) is 24.0. The van der Waals surface area contributed by atoms with Gasteiger partial charge in [0.1, 0.15) is 6.54 Å². The Balaban J connectivity index is 1.62. The van der Waals surface area contributed by atoms with Crippen LogP contribution in [0.15, 0.2) is 76.1 Å². The van der Waals surface area contributed by atoms with Crippen LogP contribution in [-0.2, 0) is 17.9 Å². The van der Waals surface area contributed by atoms with Crippen molar-refractivity contribution in [1.82, 2.24) is 4.57 Å². The summed E-state index contributed by atoms with van der Waals surface area (Å²) in [5.74, 6) is -0.309. The van der Waals surface area contributed by atoms with Crippen LogP contribution in [0.25, 0.3) is 0 Å². The average Bonchev–Trinajstić information content (AvgIpc) is 2.65. The van der Waals surface area contributed by atoms with E-state index in [-0.39, 0.29) is 18.0 Å². The van der Waals surface area contributed by atoms with E-state index < -0.39 is 0 Å². The maximum absolute atomic E-state index is 12.2. The van der Waals surface area contributed by atoms with E-state index in [1.54, 1.807) is 24.4 Å². The highest BCUT2D eigenvalue weighted by atomic mass is 79.9. The summed E-state index contributed by atoms with van der Waals surface area (Å²) in [5, 5.41) is 6.52. The number of anilines is 2. The zero-order valence-corrected chi connectivity index (χ0v) is 16.6. The smallest absolute Gasteiger partial charge is 0.251 e. The van der Waals surface area contributed by atoms with Crippen LogP contribution in [-0.4, -0.2) is 10.5 Å². The molecule has 0 saturated heterocycles. The van der Waals surface area contributed by atoms with Gasteiger partial charge in [-0.3, -0.25) is 9.59 Å². The number of aromatic nitrogens is 1. The van der Waals surface area contributed by atoms with Crippen LogP contribution >= 0.6 is 27.5 Å². The number of benzene rings is 2. The summed E-state index contributed by atoms with van der Waals surface area (Å²) in [7, 11) is 0. The van der Waals surface area contributed by atoms with Gasteiger partial charge in [0.15, 0.2) is 0 Å². The fourth-order valence-electron chi connectivity index (χ4n) is 2.51. The quantitative estimate of drug-likeness (QED) is 0.585. The first-order valence-corrected chi connectivity index (χ1v) is 9.41. The molecule has 2 aromatic carbocycles. The second-order valence-corrected chi connectivity index (χ2v) is 7.22. The maximum atomic E-state index is 12.2. The van der Waals surface area contributed by atoms with Crippen LogP contribution in [0.5, 0.6) is 0 Å². The molecule has 1 aromatic heterocycles. The van der Waals surface area contributed by atoms with Gasteiger partial charge in [-0.15, -0.1) is 0 Å². The lowest BCUT2D eigenvalue weighted by atomic mass is 10.2. The second-order valence-electron chi connectivity index (χ2n) is 5.90. The molecule has 0 fully saturated rings. The van der Waals surface area contributed by atoms with E-state index in [0.717, 1.165) is 15.7 Å². The van der Waals surface area contributed by atoms with Crippen molar-refractivity contribution in [2.24, 2.45) is 0 Å². The second kappa shape index (κ2) is 8.88. The van der Waals surface area contributed by atoms with E-state index in [2.05, 4.69) is 26.6 Å². The third-order valence-electron chi connectivity index (χ3n) is 3.84. The van der Waals surface area contributed by atoms with Crippen molar-refractivity contribution in [2.75, 3.05) is 10.6 Å². The lowest BCUT2D eigenvalue weighted by Crippen LogP contribution is -2.26. The first kappa shape index (κ1) is 19.2. The molecule has 0 unspecified atom stereocenters. The predicted molar refractivity (Wildman–Crippen MR) is 112 cm³/mol. The minimum Gasteiger partial charge on any atom is -0.380 e. The monoisotopic (exact) mass is 445 g/mol. The van der Waals surface area contributed by atoms with Crippen molar-refractivity contribution in [2.45, 2.75) is 13.1 Å². The Kier molecular flexibility index (Phi) is 6.32.